The summed E-state index contributed by atoms with van der Waals surface area (Å²) in [5.41, 5.74) is 0.989. The lowest BCUT2D eigenvalue weighted by Gasteiger charge is -2.30. The van der Waals surface area contributed by atoms with Crippen LogP contribution in [-0.2, 0) is 4.74 Å². The van der Waals surface area contributed by atoms with Gasteiger partial charge in [-0.2, -0.15) is 0 Å². The molecule has 1 aromatic carbocycles. The molecule has 0 amide bonds. The lowest BCUT2D eigenvalue weighted by molar-refractivity contribution is 0.00686. The van der Waals surface area contributed by atoms with Gasteiger partial charge in [-0.1, -0.05) is 36.7 Å². The van der Waals surface area contributed by atoms with Crippen LogP contribution < -0.4 is 5.32 Å². The highest BCUT2D eigenvalue weighted by Gasteiger charge is 2.24. The first-order valence-electron chi connectivity index (χ1n) is 6.53. The van der Waals surface area contributed by atoms with Gasteiger partial charge in [-0.05, 0) is 44.9 Å². The van der Waals surface area contributed by atoms with Crippen molar-refractivity contribution in [3.05, 3.63) is 34.9 Å². The predicted molar refractivity (Wildman–Crippen MR) is 78.2 cm³/mol. The zero-order chi connectivity index (χ0) is 13.6. The highest BCUT2D eigenvalue weighted by atomic mass is 35.5. The first kappa shape index (κ1) is 15.5. The van der Waals surface area contributed by atoms with Crippen LogP contribution in [0.1, 0.15) is 45.2 Å². The number of rotatable bonds is 7. The number of methoxy groups -OCH3 is 1. The van der Waals surface area contributed by atoms with Gasteiger partial charge in [-0.15, -0.1) is 0 Å². The van der Waals surface area contributed by atoms with Crippen molar-refractivity contribution in [3.63, 3.8) is 0 Å². The summed E-state index contributed by atoms with van der Waals surface area (Å²) in [6, 6.07) is 8.25. The van der Waals surface area contributed by atoms with Crippen molar-refractivity contribution in [1.82, 2.24) is 5.32 Å². The Kier molecular flexibility index (Phi) is 6.13. The topological polar surface area (TPSA) is 21.3 Å². The molecule has 18 heavy (non-hydrogen) atoms. The van der Waals surface area contributed by atoms with Crippen LogP contribution in [0.5, 0.6) is 0 Å². The molecule has 1 N–H and O–H groups in total. The molecule has 1 rings (SSSR count). The largest absolute Gasteiger partial charge is 0.379 e. The summed E-state index contributed by atoms with van der Waals surface area (Å²) in [6.45, 7) is 7.35. The number of hydrogen-bond donors (Lipinski definition) is 1. The van der Waals surface area contributed by atoms with Crippen molar-refractivity contribution in [1.29, 1.82) is 0 Å². The van der Waals surface area contributed by atoms with Crippen molar-refractivity contribution in [2.24, 2.45) is 0 Å². The second kappa shape index (κ2) is 7.13. The smallest absolute Gasteiger partial charge is 0.0640 e. The Balaban J connectivity index is 2.88. The number of hydrogen-bond acceptors (Lipinski definition) is 2. The van der Waals surface area contributed by atoms with Gasteiger partial charge >= 0.3 is 0 Å². The Morgan fingerprint density at radius 2 is 2.00 bits per heavy atom. The lowest BCUT2D eigenvalue weighted by atomic mass is 9.93. The molecule has 0 bridgehead atoms. The van der Waals surface area contributed by atoms with E-state index in [4.69, 9.17) is 16.3 Å². The van der Waals surface area contributed by atoms with Crippen molar-refractivity contribution < 1.29 is 4.74 Å². The summed E-state index contributed by atoms with van der Waals surface area (Å²) in [5, 5.41) is 4.37. The molecule has 0 radical (unpaired) electrons. The Morgan fingerprint density at radius 1 is 1.33 bits per heavy atom. The van der Waals surface area contributed by atoms with Gasteiger partial charge in [-0.25, -0.2) is 0 Å². The Labute approximate surface area is 116 Å². The van der Waals surface area contributed by atoms with Gasteiger partial charge < -0.3 is 10.1 Å². The van der Waals surface area contributed by atoms with E-state index >= 15 is 0 Å². The average Bonchev–Trinajstić information content (AvgIpc) is 2.35. The maximum absolute atomic E-state index is 6.29. The first-order valence-corrected chi connectivity index (χ1v) is 6.91. The molecular weight excluding hydrogens is 246 g/mol. The van der Waals surface area contributed by atoms with Crippen LogP contribution >= 0.6 is 11.6 Å². The molecule has 1 unspecified atom stereocenters. The van der Waals surface area contributed by atoms with Gasteiger partial charge in [0.15, 0.2) is 0 Å². The van der Waals surface area contributed by atoms with Crippen molar-refractivity contribution in [2.75, 3.05) is 13.7 Å². The number of halogens is 1. The summed E-state index contributed by atoms with van der Waals surface area (Å²) in [4.78, 5) is 0. The molecule has 0 spiro atoms. The molecule has 1 aromatic rings. The van der Waals surface area contributed by atoms with E-state index in [2.05, 4.69) is 32.2 Å². The molecule has 0 fully saturated rings. The molecule has 0 aliphatic rings. The molecule has 0 saturated carbocycles. The van der Waals surface area contributed by atoms with E-state index in [1.807, 2.05) is 18.2 Å². The molecule has 0 heterocycles. The second-order valence-electron chi connectivity index (χ2n) is 5.20. The maximum atomic E-state index is 6.29. The third-order valence-electron chi connectivity index (χ3n) is 3.17. The first-order chi connectivity index (χ1) is 8.50. The molecule has 3 heteroatoms. The van der Waals surface area contributed by atoms with E-state index < -0.39 is 0 Å². The van der Waals surface area contributed by atoms with Crippen LogP contribution in [0.15, 0.2) is 24.3 Å². The summed E-state index contributed by atoms with van der Waals surface area (Å²) >= 11 is 6.29. The summed E-state index contributed by atoms with van der Waals surface area (Å²) in [5.74, 6) is 0. The van der Waals surface area contributed by atoms with Crippen LogP contribution in [0.25, 0.3) is 0 Å². The third kappa shape index (κ3) is 4.60. The fraction of sp³-hybridized carbons (Fsp3) is 0.600. The molecule has 1 atom stereocenters. The quantitative estimate of drug-likeness (QED) is 0.801. The van der Waals surface area contributed by atoms with Crippen LogP contribution in [0.2, 0.25) is 5.02 Å². The normalized spacial score (nSPS) is 13.6. The highest BCUT2D eigenvalue weighted by molar-refractivity contribution is 6.31. The Bertz CT molecular complexity index is 365. The standard InChI is InChI=1S/C15H24ClNO/c1-5-10-17-14(11-15(2,3)18-4)12-8-6-7-9-13(12)16/h6-9,14,17H,5,10-11H2,1-4H3. The van der Waals surface area contributed by atoms with E-state index in [0.717, 1.165) is 30.0 Å². The van der Waals surface area contributed by atoms with Crippen molar-refractivity contribution in [3.8, 4) is 0 Å². The van der Waals surface area contributed by atoms with E-state index in [-0.39, 0.29) is 11.6 Å². The molecule has 0 aliphatic heterocycles. The minimum absolute atomic E-state index is 0.162. The molecule has 102 valence electrons. The fourth-order valence-electron chi connectivity index (χ4n) is 1.94. The number of ether oxygens (including phenoxy) is 1. The van der Waals surface area contributed by atoms with E-state index in [1.165, 1.54) is 0 Å². The highest BCUT2D eigenvalue weighted by Crippen LogP contribution is 2.30. The van der Waals surface area contributed by atoms with Crippen molar-refractivity contribution >= 4 is 11.6 Å². The van der Waals surface area contributed by atoms with Gasteiger partial charge in [0, 0.05) is 18.2 Å². The van der Waals surface area contributed by atoms with Crippen LogP contribution in [-0.4, -0.2) is 19.3 Å². The summed E-state index contributed by atoms with van der Waals surface area (Å²) < 4.78 is 5.53. The Morgan fingerprint density at radius 3 is 2.56 bits per heavy atom. The minimum atomic E-state index is -0.162. The third-order valence-corrected chi connectivity index (χ3v) is 3.51. The zero-order valence-corrected chi connectivity index (χ0v) is 12.6. The van der Waals surface area contributed by atoms with Crippen molar-refractivity contribution in [2.45, 2.75) is 45.3 Å². The van der Waals surface area contributed by atoms with Crippen LogP contribution in [0, 0.1) is 0 Å². The molecular formula is C15H24ClNO. The molecule has 0 aliphatic carbocycles. The SMILES string of the molecule is CCCNC(CC(C)(C)OC)c1ccccc1Cl. The van der Waals surface area contributed by atoms with E-state index in [0.29, 0.717) is 0 Å². The molecule has 0 saturated heterocycles. The molecule has 0 aromatic heterocycles. The average molecular weight is 270 g/mol. The zero-order valence-electron chi connectivity index (χ0n) is 11.8. The van der Waals surface area contributed by atoms with Gasteiger partial charge in [-0.3, -0.25) is 0 Å². The second-order valence-corrected chi connectivity index (χ2v) is 5.60. The maximum Gasteiger partial charge on any atom is 0.0640 e. The van der Waals surface area contributed by atoms with E-state index in [9.17, 15) is 0 Å². The summed E-state index contributed by atoms with van der Waals surface area (Å²) in [7, 11) is 1.75. The van der Waals surface area contributed by atoms with Crippen LogP contribution in [0.3, 0.4) is 0 Å². The van der Waals surface area contributed by atoms with Gasteiger partial charge in [0.2, 0.25) is 0 Å². The van der Waals surface area contributed by atoms with Crippen LogP contribution in [0.4, 0.5) is 0 Å². The van der Waals surface area contributed by atoms with E-state index in [1.54, 1.807) is 7.11 Å². The molecule has 2 nitrogen and oxygen atoms in total. The van der Waals surface area contributed by atoms with Gasteiger partial charge in [0.1, 0.15) is 0 Å². The fourth-order valence-corrected chi connectivity index (χ4v) is 2.21. The lowest BCUT2D eigenvalue weighted by Crippen LogP contribution is -2.32. The predicted octanol–water partition coefficient (Wildman–Crippen LogP) is 4.20. The monoisotopic (exact) mass is 269 g/mol. The van der Waals surface area contributed by atoms with Gasteiger partial charge in [0.25, 0.3) is 0 Å². The summed E-state index contributed by atoms with van der Waals surface area (Å²) in [6.07, 6.45) is 2.00. The van der Waals surface area contributed by atoms with Gasteiger partial charge in [0.05, 0.1) is 5.60 Å². The minimum Gasteiger partial charge on any atom is -0.379 e. The Hall–Kier alpha value is -0.570. The number of benzene rings is 1. The number of nitrogens with one attached hydrogen (secondary N) is 1.